The SMILES string of the molecule is Nc1nnc(S(=O)(=O)NC2(C(F)(F)F)C(=O)Nc3c2c(=O)[nH]c(=O)n3CCc2ccccc2)s1. The van der Waals surface area contributed by atoms with Crippen molar-refractivity contribution in [3.05, 3.63) is 62.3 Å². The van der Waals surface area contributed by atoms with Crippen molar-refractivity contribution in [2.45, 2.75) is 29.0 Å². The molecule has 4 rings (SSSR count). The van der Waals surface area contributed by atoms with Crippen LogP contribution < -0.4 is 27.0 Å². The molecule has 34 heavy (non-hydrogen) atoms. The quantitative estimate of drug-likeness (QED) is 0.350. The van der Waals surface area contributed by atoms with Gasteiger partial charge in [0.1, 0.15) is 5.82 Å². The van der Waals surface area contributed by atoms with Crippen molar-refractivity contribution < 1.29 is 26.4 Å². The molecule has 3 aromatic rings. The van der Waals surface area contributed by atoms with Gasteiger partial charge in [0.15, 0.2) is 0 Å². The van der Waals surface area contributed by atoms with Gasteiger partial charge in [-0.2, -0.15) is 17.9 Å². The summed E-state index contributed by atoms with van der Waals surface area (Å²) in [6.07, 6.45) is -5.48. The zero-order valence-electron chi connectivity index (χ0n) is 16.7. The third-order valence-electron chi connectivity index (χ3n) is 4.98. The number of benzene rings is 1. The van der Waals surface area contributed by atoms with Gasteiger partial charge < -0.3 is 11.1 Å². The molecule has 12 nitrogen and oxygen atoms in total. The van der Waals surface area contributed by atoms with E-state index in [0.717, 1.165) is 10.1 Å². The Bertz CT molecular complexity index is 1500. The number of nitrogen functional groups attached to an aromatic ring is 1. The molecular formula is C17H14F3N7O5S2. The first-order valence-corrected chi connectivity index (χ1v) is 11.6. The molecular weight excluding hydrogens is 503 g/mol. The number of halogens is 3. The van der Waals surface area contributed by atoms with Crippen LogP contribution in [0.2, 0.25) is 0 Å². The van der Waals surface area contributed by atoms with Gasteiger partial charge in [0, 0.05) is 6.54 Å². The average molecular weight is 517 g/mol. The summed E-state index contributed by atoms with van der Waals surface area (Å²) in [5.74, 6) is -2.69. The highest BCUT2D eigenvalue weighted by Gasteiger charge is 2.69. The zero-order chi connectivity index (χ0) is 24.9. The van der Waals surface area contributed by atoms with Gasteiger partial charge in [-0.15, -0.1) is 10.2 Å². The number of nitrogens with one attached hydrogen (secondary N) is 3. The molecule has 3 heterocycles. The minimum absolute atomic E-state index is 0.157. The number of aromatic nitrogens is 4. The second-order valence-electron chi connectivity index (χ2n) is 7.08. The number of amides is 1. The van der Waals surface area contributed by atoms with Crippen molar-refractivity contribution in [3.8, 4) is 0 Å². The first-order chi connectivity index (χ1) is 15.9. The maximum atomic E-state index is 14.4. The number of alkyl halides is 3. The predicted octanol–water partition coefficient (Wildman–Crippen LogP) is -0.0988. The van der Waals surface area contributed by atoms with E-state index in [2.05, 4.69) is 10.2 Å². The number of nitrogens with zero attached hydrogens (tertiary/aromatic N) is 3. The molecule has 0 saturated heterocycles. The average Bonchev–Trinajstić information content (AvgIpc) is 3.31. The molecule has 1 aliphatic heterocycles. The molecule has 1 atom stereocenters. The fourth-order valence-corrected chi connectivity index (χ4v) is 5.57. The first kappa shape index (κ1) is 23.6. The van der Waals surface area contributed by atoms with Gasteiger partial charge in [-0.25, -0.2) is 13.2 Å². The molecule has 0 aliphatic carbocycles. The molecule has 0 saturated carbocycles. The minimum atomic E-state index is -5.64. The Morgan fingerprint density at radius 2 is 1.82 bits per heavy atom. The van der Waals surface area contributed by atoms with Crippen LogP contribution in [0, 0.1) is 0 Å². The van der Waals surface area contributed by atoms with Gasteiger partial charge >= 0.3 is 11.9 Å². The lowest BCUT2D eigenvalue weighted by molar-refractivity contribution is -0.194. The third-order valence-corrected chi connectivity index (χ3v) is 7.55. The first-order valence-electron chi connectivity index (χ1n) is 9.29. The van der Waals surface area contributed by atoms with E-state index in [1.54, 1.807) is 35.3 Å². The zero-order valence-corrected chi connectivity index (χ0v) is 18.3. The van der Waals surface area contributed by atoms with Gasteiger partial charge in [0.25, 0.3) is 21.5 Å². The second-order valence-corrected chi connectivity index (χ2v) is 9.95. The Labute approximate surface area is 191 Å². The minimum Gasteiger partial charge on any atom is -0.374 e. The number of aryl methyl sites for hydroxylation is 1. The highest BCUT2D eigenvalue weighted by atomic mass is 32.2. The van der Waals surface area contributed by atoms with Gasteiger partial charge in [-0.3, -0.25) is 19.1 Å². The number of anilines is 2. The van der Waals surface area contributed by atoms with Gasteiger partial charge in [-0.1, -0.05) is 41.7 Å². The smallest absolute Gasteiger partial charge is 0.374 e. The molecule has 1 aromatic carbocycles. The van der Waals surface area contributed by atoms with E-state index in [1.807, 2.05) is 5.32 Å². The summed E-state index contributed by atoms with van der Waals surface area (Å²) in [5, 5.41) is 7.93. The highest BCUT2D eigenvalue weighted by Crippen LogP contribution is 2.46. The Balaban J connectivity index is 1.88. The number of hydrogen-bond donors (Lipinski definition) is 4. The van der Waals surface area contributed by atoms with Crippen LogP contribution in [-0.2, 0) is 33.3 Å². The largest absolute Gasteiger partial charge is 0.421 e. The van der Waals surface area contributed by atoms with Crippen molar-refractivity contribution in [1.29, 1.82) is 0 Å². The van der Waals surface area contributed by atoms with Crippen LogP contribution in [0.3, 0.4) is 0 Å². The molecule has 1 aliphatic rings. The lowest BCUT2D eigenvalue weighted by atomic mass is 9.93. The van der Waals surface area contributed by atoms with Crippen LogP contribution in [0.1, 0.15) is 11.1 Å². The number of sulfonamides is 1. The van der Waals surface area contributed by atoms with Crippen LogP contribution in [0.15, 0.2) is 44.3 Å². The van der Waals surface area contributed by atoms with Crippen molar-refractivity contribution >= 4 is 38.2 Å². The standard InChI is InChI=1S/C17H14F3N7O5S2/c18-17(19,20)16(26-34(31,32)15-25-24-13(21)33-15)9-10(22-12(16)29)27(14(30)23-11(9)28)7-6-8-4-2-1-3-5-8/h1-5,26H,6-7H2,(H2,21,24)(H,22,29)(H,23,28,30). The van der Waals surface area contributed by atoms with Crippen molar-refractivity contribution in [3.63, 3.8) is 0 Å². The van der Waals surface area contributed by atoms with Gasteiger partial charge in [0.2, 0.25) is 15.0 Å². The molecule has 2 aromatic heterocycles. The number of carbonyl (C=O) groups excluding carboxylic acids is 1. The molecule has 1 amide bonds. The van der Waals surface area contributed by atoms with E-state index in [0.29, 0.717) is 0 Å². The Kier molecular flexibility index (Phi) is 5.57. The fraction of sp³-hybridized carbons (Fsp3) is 0.235. The fourth-order valence-electron chi connectivity index (χ4n) is 3.46. The summed E-state index contributed by atoms with van der Waals surface area (Å²) < 4.78 is 69.5. The van der Waals surface area contributed by atoms with Crippen LogP contribution in [-0.4, -0.2) is 40.2 Å². The topological polar surface area (TPSA) is 182 Å². The lowest BCUT2D eigenvalue weighted by Gasteiger charge is -2.29. The Morgan fingerprint density at radius 1 is 1.15 bits per heavy atom. The van der Waals surface area contributed by atoms with E-state index in [1.165, 1.54) is 4.72 Å². The van der Waals surface area contributed by atoms with E-state index >= 15 is 0 Å². The Hall–Kier alpha value is -3.57. The second kappa shape index (κ2) is 8.03. The number of fused-ring (bicyclic) bond motifs is 1. The van der Waals surface area contributed by atoms with Crippen molar-refractivity contribution in [1.82, 2.24) is 24.5 Å². The van der Waals surface area contributed by atoms with Crippen LogP contribution in [0.25, 0.3) is 0 Å². The van der Waals surface area contributed by atoms with Crippen LogP contribution in [0.4, 0.5) is 24.1 Å². The highest BCUT2D eigenvalue weighted by molar-refractivity contribution is 7.91. The third kappa shape index (κ3) is 3.76. The monoisotopic (exact) mass is 517 g/mol. The predicted molar refractivity (Wildman–Crippen MR) is 112 cm³/mol. The summed E-state index contributed by atoms with van der Waals surface area (Å²) in [7, 11) is -5.14. The van der Waals surface area contributed by atoms with Crippen LogP contribution in [0.5, 0.6) is 0 Å². The maximum Gasteiger partial charge on any atom is 0.421 e. The molecule has 180 valence electrons. The number of H-pyrrole nitrogens is 1. The number of rotatable bonds is 6. The molecule has 5 N–H and O–H groups in total. The van der Waals surface area contributed by atoms with E-state index < -0.39 is 54.6 Å². The Morgan fingerprint density at radius 3 is 2.41 bits per heavy atom. The summed E-state index contributed by atoms with van der Waals surface area (Å²) in [6, 6.07) is 8.57. The normalized spacial score (nSPS) is 18.0. The van der Waals surface area contributed by atoms with Crippen molar-refractivity contribution in [2.75, 3.05) is 11.1 Å². The van der Waals surface area contributed by atoms with Crippen LogP contribution >= 0.6 is 11.3 Å². The summed E-state index contributed by atoms with van der Waals surface area (Å²) in [6.45, 7) is -0.226. The summed E-state index contributed by atoms with van der Waals surface area (Å²) in [5.41, 5.74) is -2.02. The molecule has 1 unspecified atom stereocenters. The number of hydrogen-bond acceptors (Lipinski definition) is 9. The van der Waals surface area contributed by atoms with Crippen molar-refractivity contribution in [2.24, 2.45) is 0 Å². The van der Waals surface area contributed by atoms with E-state index in [9.17, 15) is 36.0 Å². The lowest BCUT2D eigenvalue weighted by Crippen LogP contribution is -2.61. The molecule has 0 radical (unpaired) electrons. The number of nitrogens with two attached hydrogens (primary N) is 1. The molecule has 0 fully saturated rings. The number of carbonyl (C=O) groups is 1. The summed E-state index contributed by atoms with van der Waals surface area (Å²) in [4.78, 5) is 39.4. The van der Waals surface area contributed by atoms with Gasteiger partial charge in [0.05, 0.1) is 5.56 Å². The van der Waals surface area contributed by atoms with Gasteiger partial charge in [-0.05, 0) is 12.0 Å². The molecule has 17 heteroatoms. The van der Waals surface area contributed by atoms with E-state index in [-0.39, 0.29) is 29.4 Å². The number of aromatic amines is 1. The molecule has 0 bridgehead atoms. The molecule has 0 spiro atoms. The van der Waals surface area contributed by atoms with E-state index in [4.69, 9.17) is 5.73 Å². The summed E-state index contributed by atoms with van der Waals surface area (Å²) >= 11 is 0.250. The maximum absolute atomic E-state index is 14.4.